The van der Waals surface area contributed by atoms with Crippen LogP contribution in [0.25, 0.3) is 0 Å². The lowest BCUT2D eigenvalue weighted by atomic mass is 9.92. The van der Waals surface area contributed by atoms with Crippen molar-refractivity contribution in [2.24, 2.45) is 0 Å². The molecule has 1 N–H and O–H groups in total. The molecule has 1 aliphatic heterocycles. The Hall–Kier alpha value is -2.96. The number of benzene rings is 2. The number of nitrogens with zero attached hydrogens (tertiary/aromatic N) is 1. The second-order valence-corrected chi connectivity index (χ2v) is 8.59. The number of rotatable bonds is 8. The molecule has 0 aromatic heterocycles. The molecule has 2 unspecified atom stereocenters. The molecule has 204 valence electrons. The summed E-state index contributed by atoms with van der Waals surface area (Å²) in [6.45, 7) is 1.91. The first kappa shape index (κ1) is 28.6. The van der Waals surface area contributed by atoms with Crippen LogP contribution in [0.5, 0.6) is 0 Å². The zero-order valence-electron chi connectivity index (χ0n) is 19.4. The predicted molar refractivity (Wildman–Crippen MR) is 116 cm³/mol. The van der Waals surface area contributed by atoms with E-state index in [0.717, 1.165) is 12.1 Å². The molecule has 0 fully saturated rings. The van der Waals surface area contributed by atoms with Gasteiger partial charge in [-0.1, -0.05) is 6.92 Å². The number of anilines is 1. The van der Waals surface area contributed by atoms with E-state index in [2.05, 4.69) is 5.32 Å². The fourth-order valence-electron chi connectivity index (χ4n) is 4.35. The molecule has 2 atom stereocenters. The maximum Gasteiger partial charge on any atom is 0.416 e. The first-order valence-corrected chi connectivity index (χ1v) is 11.2. The van der Waals surface area contributed by atoms with Gasteiger partial charge in [-0.05, 0) is 60.4 Å². The summed E-state index contributed by atoms with van der Waals surface area (Å²) in [6, 6.07) is 3.11. The third-order valence-electron chi connectivity index (χ3n) is 6.17. The summed E-state index contributed by atoms with van der Waals surface area (Å²) >= 11 is 0. The van der Waals surface area contributed by atoms with E-state index in [1.807, 2.05) is 0 Å². The highest BCUT2D eigenvalue weighted by Gasteiger charge is 2.38. The summed E-state index contributed by atoms with van der Waals surface area (Å²) in [5, 5.41) is 2.83. The number of carbonyl (C=O) groups excluding carboxylic acids is 1. The summed E-state index contributed by atoms with van der Waals surface area (Å²) in [7, 11) is 0. The quantitative estimate of drug-likeness (QED) is 0.297. The van der Waals surface area contributed by atoms with Crippen molar-refractivity contribution in [1.82, 2.24) is 5.32 Å². The summed E-state index contributed by atoms with van der Waals surface area (Å²) < 4.78 is 124. The van der Waals surface area contributed by atoms with Crippen LogP contribution in [0.1, 0.15) is 53.6 Å². The zero-order chi connectivity index (χ0) is 27.6. The number of ether oxygens (including phenoxy) is 1. The van der Waals surface area contributed by atoms with Crippen molar-refractivity contribution in [2.75, 3.05) is 18.1 Å². The van der Waals surface area contributed by atoms with Crippen molar-refractivity contribution in [3.63, 3.8) is 0 Å². The topological polar surface area (TPSA) is 41.6 Å². The summed E-state index contributed by atoms with van der Waals surface area (Å²) in [5.41, 5.74) is -3.63. The molecule has 0 spiro atoms. The van der Waals surface area contributed by atoms with E-state index in [1.165, 1.54) is 6.07 Å². The van der Waals surface area contributed by atoms with E-state index >= 15 is 0 Å². The van der Waals surface area contributed by atoms with Crippen molar-refractivity contribution >= 4 is 12.2 Å². The van der Waals surface area contributed by atoms with Gasteiger partial charge >= 0.3 is 18.5 Å². The summed E-state index contributed by atoms with van der Waals surface area (Å²) in [5.74, 6) is 0. The highest BCUT2D eigenvalue weighted by Crippen LogP contribution is 2.41. The van der Waals surface area contributed by atoms with E-state index < -0.39 is 47.8 Å². The number of halogens is 9. The standard InChI is InChI=1S/C24H23F9N2O2/c1-2-18(12-37-13-36)35-6-5-20(19-10-15(22(25,26)27)3-4-21(19)35)34-11-14-7-16(23(28,29)30)9-17(8-14)24(31,32)33/h3-4,7-10,13,18,20,34H,2,5-6,11-12H2,1H3. The molecule has 1 heterocycles. The highest BCUT2D eigenvalue weighted by atomic mass is 19.4. The molecule has 13 heteroatoms. The van der Waals surface area contributed by atoms with Gasteiger partial charge in [0.05, 0.1) is 22.7 Å². The minimum absolute atomic E-state index is 0.0109. The average Bonchev–Trinajstić information content (AvgIpc) is 2.81. The number of fused-ring (bicyclic) bond motifs is 1. The van der Waals surface area contributed by atoms with Crippen molar-refractivity contribution in [3.8, 4) is 0 Å². The van der Waals surface area contributed by atoms with Crippen LogP contribution in [0.3, 0.4) is 0 Å². The van der Waals surface area contributed by atoms with Gasteiger partial charge in [0, 0.05) is 24.8 Å². The number of nitrogens with one attached hydrogen (secondary N) is 1. The number of hydrogen-bond acceptors (Lipinski definition) is 4. The lowest BCUT2D eigenvalue weighted by Crippen LogP contribution is -2.44. The Morgan fingerprint density at radius 1 is 0.946 bits per heavy atom. The summed E-state index contributed by atoms with van der Waals surface area (Å²) in [4.78, 5) is 12.4. The van der Waals surface area contributed by atoms with Crippen LogP contribution in [-0.2, 0) is 34.6 Å². The Balaban J connectivity index is 1.96. The van der Waals surface area contributed by atoms with Gasteiger partial charge in [-0.3, -0.25) is 4.79 Å². The Morgan fingerprint density at radius 2 is 1.54 bits per heavy atom. The van der Waals surface area contributed by atoms with E-state index in [9.17, 15) is 44.3 Å². The Labute approximate surface area is 206 Å². The molecule has 2 aromatic rings. The molecular formula is C24H23F9N2O2. The van der Waals surface area contributed by atoms with Crippen molar-refractivity contribution in [1.29, 1.82) is 0 Å². The van der Waals surface area contributed by atoms with Gasteiger partial charge in [0.25, 0.3) is 6.47 Å². The third-order valence-corrected chi connectivity index (χ3v) is 6.17. The first-order chi connectivity index (χ1) is 17.1. The second kappa shape index (κ2) is 10.8. The second-order valence-electron chi connectivity index (χ2n) is 8.59. The monoisotopic (exact) mass is 542 g/mol. The molecule has 0 saturated carbocycles. The van der Waals surface area contributed by atoms with Crippen LogP contribution < -0.4 is 10.2 Å². The van der Waals surface area contributed by atoms with E-state index in [1.54, 1.807) is 11.8 Å². The van der Waals surface area contributed by atoms with Crippen molar-refractivity contribution in [3.05, 3.63) is 64.2 Å². The maximum atomic E-state index is 13.4. The van der Waals surface area contributed by atoms with E-state index in [-0.39, 0.29) is 42.7 Å². The fraction of sp³-hybridized carbons (Fsp3) is 0.458. The molecule has 37 heavy (non-hydrogen) atoms. The molecule has 0 bridgehead atoms. The van der Waals surface area contributed by atoms with Crippen molar-refractivity contribution < 1.29 is 49.0 Å². The lowest BCUT2D eigenvalue weighted by Gasteiger charge is -2.40. The molecule has 0 aliphatic carbocycles. The van der Waals surface area contributed by atoms with Gasteiger partial charge < -0.3 is 15.0 Å². The van der Waals surface area contributed by atoms with Crippen molar-refractivity contribution in [2.45, 2.75) is 56.9 Å². The fourth-order valence-corrected chi connectivity index (χ4v) is 4.35. The molecule has 4 nitrogen and oxygen atoms in total. The van der Waals surface area contributed by atoms with Crippen LogP contribution in [-0.4, -0.2) is 25.7 Å². The Bertz CT molecular complexity index is 1060. The van der Waals surface area contributed by atoms with Gasteiger partial charge in [-0.2, -0.15) is 39.5 Å². The molecule has 2 aromatic carbocycles. The van der Waals surface area contributed by atoms with Crippen LogP contribution in [0.4, 0.5) is 45.2 Å². The lowest BCUT2D eigenvalue weighted by molar-refractivity contribution is -0.143. The molecule has 0 radical (unpaired) electrons. The minimum Gasteiger partial charge on any atom is -0.466 e. The average molecular weight is 542 g/mol. The smallest absolute Gasteiger partial charge is 0.416 e. The van der Waals surface area contributed by atoms with Crippen LogP contribution in [0.15, 0.2) is 36.4 Å². The summed E-state index contributed by atoms with van der Waals surface area (Å²) in [6.07, 6.45) is -14.0. The van der Waals surface area contributed by atoms with Crippen LogP contribution in [0, 0.1) is 0 Å². The molecule has 0 amide bonds. The predicted octanol–water partition coefficient (Wildman–Crippen LogP) is 6.74. The molecular weight excluding hydrogens is 519 g/mol. The van der Waals surface area contributed by atoms with E-state index in [4.69, 9.17) is 4.74 Å². The third kappa shape index (κ3) is 6.88. The molecule has 1 aliphatic rings. The van der Waals surface area contributed by atoms with E-state index in [0.29, 0.717) is 30.8 Å². The van der Waals surface area contributed by atoms with Gasteiger partial charge in [0.15, 0.2) is 0 Å². The molecule has 0 saturated heterocycles. The number of alkyl halides is 9. The number of carbonyl (C=O) groups is 1. The van der Waals surface area contributed by atoms with Crippen LogP contribution in [0.2, 0.25) is 0 Å². The Morgan fingerprint density at radius 3 is 2.05 bits per heavy atom. The zero-order valence-corrected chi connectivity index (χ0v) is 19.4. The van der Waals surface area contributed by atoms with Gasteiger partial charge in [0.2, 0.25) is 0 Å². The highest BCUT2D eigenvalue weighted by molar-refractivity contribution is 5.59. The normalized spacial score (nSPS) is 17.4. The Kier molecular flexibility index (Phi) is 8.35. The van der Waals surface area contributed by atoms with Gasteiger partial charge in [-0.15, -0.1) is 0 Å². The first-order valence-electron chi connectivity index (χ1n) is 11.2. The largest absolute Gasteiger partial charge is 0.466 e. The maximum absolute atomic E-state index is 13.4. The van der Waals surface area contributed by atoms with Gasteiger partial charge in [-0.25, -0.2) is 0 Å². The minimum atomic E-state index is -5.02. The number of hydrogen-bond donors (Lipinski definition) is 1. The SMILES string of the molecule is CCC(COC=O)N1CCC(NCc2cc(C(F)(F)F)cc(C(F)(F)F)c2)c2cc(C(F)(F)F)ccc21. The van der Waals surface area contributed by atoms with Gasteiger partial charge in [0.1, 0.15) is 6.61 Å². The molecule has 3 rings (SSSR count). The van der Waals surface area contributed by atoms with Crippen LogP contribution >= 0.6 is 0 Å².